The van der Waals surface area contributed by atoms with Crippen LogP contribution in [-0.2, 0) is 9.53 Å². The van der Waals surface area contributed by atoms with Gasteiger partial charge in [-0.2, -0.15) is 0 Å². The van der Waals surface area contributed by atoms with Gasteiger partial charge in [0.15, 0.2) is 0 Å². The lowest BCUT2D eigenvalue weighted by Gasteiger charge is -2.23. The molecule has 1 fully saturated rings. The zero-order chi connectivity index (χ0) is 13.7. The van der Waals surface area contributed by atoms with Crippen LogP contribution < -0.4 is 11.1 Å². The number of aryl methyl sites for hydroxylation is 1. The van der Waals surface area contributed by atoms with Crippen molar-refractivity contribution < 1.29 is 9.53 Å². The first-order valence-electron chi connectivity index (χ1n) is 6.88. The first-order valence-corrected chi connectivity index (χ1v) is 6.88. The van der Waals surface area contributed by atoms with Gasteiger partial charge in [-0.1, -0.05) is 29.8 Å². The lowest BCUT2D eigenvalue weighted by atomic mass is 10.0. The molecule has 1 aliphatic rings. The Morgan fingerprint density at radius 2 is 2.10 bits per heavy atom. The van der Waals surface area contributed by atoms with E-state index in [0.29, 0.717) is 6.54 Å². The van der Waals surface area contributed by atoms with Crippen LogP contribution in [0.4, 0.5) is 0 Å². The molecule has 2 rings (SSSR count). The van der Waals surface area contributed by atoms with Crippen molar-refractivity contribution >= 4 is 18.3 Å². The van der Waals surface area contributed by atoms with Gasteiger partial charge in [0.2, 0.25) is 5.91 Å². The number of rotatable bonds is 4. The van der Waals surface area contributed by atoms with Gasteiger partial charge in [0.1, 0.15) is 6.04 Å². The Labute approximate surface area is 126 Å². The van der Waals surface area contributed by atoms with E-state index < -0.39 is 6.04 Å². The number of nitrogens with one attached hydrogen (secondary N) is 1. The Morgan fingerprint density at radius 1 is 1.40 bits per heavy atom. The van der Waals surface area contributed by atoms with Gasteiger partial charge in [-0.05, 0) is 31.7 Å². The van der Waals surface area contributed by atoms with Crippen molar-refractivity contribution in [3.8, 4) is 0 Å². The fourth-order valence-corrected chi connectivity index (χ4v) is 2.22. The second-order valence-electron chi connectivity index (χ2n) is 5.12. The first kappa shape index (κ1) is 17.0. The molecule has 1 amide bonds. The Morgan fingerprint density at radius 3 is 2.70 bits per heavy atom. The number of ether oxygens (including phenoxy) is 1. The van der Waals surface area contributed by atoms with Crippen LogP contribution in [0.1, 0.15) is 36.4 Å². The van der Waals surface area contributed by atoms with Gasteiger partial charge in [-0.15, -0.1) is 12.4 Å². The van der Waals surface area contributed by atoms with E-state index in [2.05, 4.69) is 5.32 Å². The van der Waals surface area contributed by atoms with Crippen molar-refractivity contribution in [3.63, 3.8) is 0 Å². The number of carbonyl (C=O) groups is 1. The third kappa shape index (κ3) is 4.78. The van der Waals surface area contributed by atoms with Gasteiger partial charge in [0.05, 0.1) is 6.10 Å². The lowest BCUT2D eigenvalue weighted by Crippen LogP contribution is -2.40. The molecular formula is C15H23ClN2O2. The summed E-state index contributed by atoms with van der Waals surface area (Å²) in [7, 11) is 0. The van der Waals surface area contributed by atoms with E-state index in [-0.39, 0.29) is 24.4 Å². The molecule has 1 aromatic carbocycles. The van der Waals surface area contributed by atoms with Crippen LogP contribution in [0.2, 0.25) is 0 Å². The van der Waals surface area contributed by atoms with E-state index in [1.807, 2.05) is 31.2 Å². The smallest absolute Gasteiger partial charge is 0.241 e. The molecule has 2 unspecified atom stereocenters. The van der Waals surface area contributed by atoms with Gasteiger partial charge in [0.25, 0.3) is 0 Å². The number of benzene rings is 1. The minimum atomic E-state index is -0.607. The molecule has 112 valence electrons. The van der Waals surface area contributed by atoms with Crippen LogP contribution in [0.25, 0.3) is 0 Å². The molecule has 2 atom stereocenters. The summed E-state index contributed by atoms with van der Waals surface area (Å²) in [4.78, 5) is 12.0. The minimum Gasteiger partial charge on any atom is -0.376 e. The monoisotopic (exact) mass is 298 g/mol. The summed E-state index contributed by atoms with van der Waals surface area (Å²) in [6.07, 6.45) is 3.45. The van der Waals surface area contributed by atoms with Crippen LogP contribution in [0.3, 0.4) is 0 Å². The topological polar surface area (TPSA) is 64.4 Å². The largest absolute Gasteiger partial charge is 0.376 e. The highest BCUT2D eigenvalue weighted by Gasteiger charge is 2.18. The second kappa shape index (κ2) is 8.25. The molecule has 1 saturated heterocycles. The van der Waals surface area contributed by atoms with Crippen molar-refractivity contribution in [2.45, 2.75) is 38.3 Å². The summed E-state index contributed by atoms with van der Waals surface area (Å²) in [6.45, 7) is 3.36. The molecule has 4 nitrogen and oxygen atoms in total. The van der Waals surface area contributed by atoms with E-state index in [9.17, 15) is 4.79 Å². The number of halogens is 1. The van der Waals surface area contributed by atoms with E-state index in [1.54, 1.807) is 0 Å². The fourth-order valence-electron chi connectivity index (χ4n) is 2.22. The van der Waals surface area contributed by atoms with E-state index >= 15 is 0 Å². The van der Waals surface area contributed by atoms with E-state index in [1.165, 1.54) is 6.42 Å². The molecule has 0 radical (unpaired) electrons. The Hall–Kier alpha value is -1.10. The molecule has 0 aliphatic carbocycles. The normalized spacial score (nSPS) is 19.8. The van der Waals surface area contributed by atoms with Gasteiger partial charge < -0.3 is 15.8 Å². The van der Waals surface area contributed by atoms with Crippen LogP contribution in [0.15, 0.2) is 24.3 Å². The molecule has 3 N–H and O–H groups in total. The number of amides is 1. The highest BCUT2D eigenvalue weighted by molar-refractivity contribution is 5.85. The Bertz CT molecular complexity index is 416. The molecule has 1 aliphatic heterocycles. The van der Waals surface area contributed by atoms with Gasteiger partial charge in [-0.25, -0.2) is 0 Å². The van der Waals surface area contributed by atoms with Gasteiger partial charge >= 0.3 is 0 Å². The van der Waals surface area contributed by atoms with Crippen LogP contribution >= 0.6 is 12.4 Å². The summed E-state index contributed by atoms with van der Waals surface area (Å²) in [6, 6.07) is 7.12. The predicted octanol–water partition coefficient (Wildman–Crippen LogP) is 2.10. The molecule has 0 bridgehead atoms. The summed E-state index contributed by atoms with van der Waals surface area (Å²) < 4.78 is 5.57. The van der Waals surface area contributed by atoms with Crippen molar-refractivity contribution in [2.75, 3.05) is 13.2 Å². The summed E-state index contributed by atoms with van der Waals surface area (Å²) >= 11 is 0. The summed E-state index contributed by atoms with van der Waals surface area (Å²) in [5.74, 6) is -0.141. The number of carbonyl (C=O) groups excluding carboxylic acids is 1. The van der Waals surface area contributed by atoms with Gasteiger partial charge in [-0.3, -0.25) is 4.79 Å². The average molecular weight is 299 g/mol. The van der Waals surface area contributed by atoms with Crippen molar-refractivity contribution in [1.82, 2.24) is 5.32 Å². The van der Waals surface area contributed by atoms with E-state index in [4.69, 9.17) is 10.5 Å². The number of nitrogens with two attached hydrogens (primary N) is 1. The summed E-state index contributed by atoms with van der Waals surface area (Å²) in [5, 5.41) is 2.88. The molecule has 0 aromatic heterocycles. The predicted molar refractivity (Wildman–Crippen MR) is 82.0 cm³/mol. The molecular weight excluding hydrogens is 276 g/mol. The highest BCUT2D eigenvalue weighted by atomic mass is 35.5. The van der Waals surface area contributed by atoms with Crippen LogP contribution in [-0.4, -0.2) is 25.2 Å². The Kier molecular flexibility index (Phi) is 6.99. The quantitative estimate of drug-likeness (QED) is 0.895. The highest BCUT2D eigenvalue weighted by Crippen LogP contribution is 2.13. The molecule has 0 saturated carbocycles. The first-order chi connectivity index (χ1) is 9.16. The zero-order valence-corrected chi connectivity index (χ0v) is 12.6. The molecule has 5 heteroatoms. The van der Waals surface area contributed by atoms with E-state index in [0.717, 1.165) is 30.6 Å². The average Bonchev–Trinajstić information content (AvgIpc) is 2.46. The molecule has 1 aromatic rings. The van der Waals surface area contributed by atoms with Crippen LogP contribution in [0, 0.1) is 6.92 Å². The third-order valence-corrected chi connectivity index (χ3v) is 3.50. The minimum absolute atomic E-state index is 0. The van der Waals surface area contributed by atoms with Crippen LogP contribution in [0.5, 0.6) is 0 Å². The SMILES string of the molecule is Cc1ccc(C(N)C(=O)NCC2CCCCO2)cc1.Cl. The second-order valence-corrected chi connectivity index (χ2v) is 5.12. The van der Waals surface area contributed by atoms with Gasteiger partial charge in [0, 0.05) is 13.2 Å². The molecule has 1 heterocycles. The van der Waals surface area contributed by atoms with Crippen molar-refractivity contribution in [3.05, 3.63) is 35.4 Å². The van der Waals surface area contributed by atoms with Crippen molar-refractivity contribution in [2.24, 2.45) is 5.73 Å². The standard InChI is InChI=1S/C15H22N2O2.ClH/c1-11-5-7-12(8-6-11)14(16)15(18)17-10-13-4-2-3-9-19-13;/h5-8,13-14H,2-4,9-10,16H2,1H3,(H,17,18);1H. The molecule has 0 spiro atoms. The Balaban J connectivity index is 0.00000200. The lowest BCUT2D eigenvalue weighted by molar-refractivity contribution is -0.123. The maximum atomic E-state index is 12.0. The molecule has 20 heavy (non-hydrogen) atoms. The fraction of sp³-hybridized carbons (Fsp3) is 0.533. The maximum absolute atomic E-state index is 12.0. The number of hydrogen-bond donors (Lipinski definition) is 2. The number of hydrogen-bond acceptors (Lipinski definition) is 3. The zero-order valence-electron chi connectivity index (χ0n) is 11.8. The third-order valence-electron chi connectivity index (χ3n) is 3.50. The van der Waals surface area contributed by atoms with Crippen molar-refractivity contribution in [1.29, 1.82) is 0 Å². The maximum Gasteiger partial charge on any atom is 0.241 e. The summed E-state index contributed by atoms with van der Waals surface area (Å²) in [5.41, 5.74) is 7.95.